The number of nitrogens with zero attached hydrogens (tertiary/aromatic N) is 1. The van der Waals surface area contributed by atoms with E-state index in [1.54, 1.807) is 0 Å². The Bertz CT molecular complexity index is 1210. The normalized spacial score (nSPS) is 13.0. The lowest BCUT2D eigenvalue weighted by atomic mass is 10.0. The van der Waals surface area contributed by atoms with Gasteiger partial charge in [0, 0.05) is 19.3 Å². The molecule has 2 atom stereocenters. The molecule has 0 aromatic carbocycles. The maximum atomic E-state index is 12.8. The molecule has 8 heteroatoms. The second-order valence-corrected chi connectivity index (χ2v) is 20.9. The maximum Gasteiger partial charge on any atom is 0.362 e. The Labute approximate surface area is 421 Å². The van der Waals surface area contributed by atoms with Gasteiger partial charge in [-0.1, -0.05) is 224 Å². The van der Waals surface area contributed by atoms with Crippen LogP contribution < -0.4 is 0 Å². The van der Waals surface area contributed by atoms with Crippen LogP contribution in [0.15, 0.2) is 36.5 Å². The average Bonchev–Trinajstić information content (AvgIpc) is 3.30. The van der Waals surface area contributed by atoms with Crippen molar-refractivity contribution in [2.24, 2.45) is 0 Å². The maximum absolute atomic E-state index is 12.8. The first-order valence-corrected chi connectivity index (χ1v) is 29.0. The van der Waals surface area contributed by atoms with Gasteiger partial charge in [0.25, 0.3) is 0 Å². The molecule has 2 unspecified atom stereocenters. The van der Waals surface area contributed by atoms with Gasteiger partial charge < -0.3 is 23.8 Å². The summed E-state index contributed by atoms with van der Waals surface area (Å²) >= 11 is 0. The summed E-state index contributed by atoms with van der Waals surface area (Å²) in [5, 5.41) is 9.68. The molecule has 398 valence electrons. The van der Waals surface area contributed by atoms with Crippen molar-refractivity contribution in [2.75, 3.05) is 41.0 Å². The van der Waals surface area contributed by atoms with E-state index in [1.807, 2.05) is 21.1 Å². The van der Waals surface area contributed by atoms with Crippen LogP contribution in [0.1, 0.15) is 277 Å². The minimum absolute atomic E-state index is 0.0547. The number of hydrogen-bond donors (Lipinski definition) is 1. The van der Waals surface area contributed by atoms with Gasteiger partial charge in [-0.3, -0.25) is 9.59 Å². The first-order chi connectivity index (χ1) is 33.1. The third-order valence-corrected chi connectivity index (χ3v) is 13.3. The Morgan fingerprint density at radius 1 is 0.441 bits per heavy atom. The van der Waals surface area contributed by atoms with Gasteiger partial charge in [0.15, 0.2) is 12.1 Å². The summed E-state index contributed by atoms with van der Waals surface area (Å²) in [7, 11) is 5.54. The zero-order valence-electron chi connectivity index (χ0n) is 45.6. The van der Waals surface area contributed by atoms with E-state index in [0.29, 0.717) is 19.3 Å². The highest BCUT2D eigenvalue weighted by Gasteiger charge is 2.31. The molecular formula is C60H112NO7+. The summed E-state index contributed by atoms with van der Waals surface area (Å²) in [5.41, 5.74) is 0. The standard InChI is InChI=1S/C60H111NO7/c1-6-8-10-12-14-16-18-20-22-24-26-28-30-32-34-36-38-40-42-44-46-48-50-58(62)67-55-56(54-66-53-52-57(60(64)65)61(3,4)5)68-59(63)51-49-47-45-43-41-39-37-35-33-31-29-27-25-23-21-19-17-15-13-11-9-7-2/h24,26,30-33,56-57H,6-23,25,27-29,34-55H2,1-5H3/p+1/b26-24+,32-30+,33-31+. The van der Waals surface area contributed by atoms with Crippen molar-refractivity contribution in [3.05, 3.63) is 36.5 Å². The molecule has 0 saturated heterocycles. The predicted molar refractivity (Wildman–Crippen MR) is 289 cm³/mol. The number of quaternary nitrogens is 1. The van der Waals surface area contributed by atoms with Gasteiger partial charge in [0.2, 0.25) is 0 Å². The minimum atomic E-state index is -0.874. The number of carbonyl (C=O) groups excluding carboxylic acids is 2. The van der Waals surface area contributed by atoms with Crippen LogP contribution in [-0.2, 0) is 28.6 Å². The SMILES string of the molecule is CCCCCCCCCC/C=C/C/C=C/CCCCCCCCCC(=O)OCC(COCCC(C(=O)O)[N+](C)(C)C)OC(=O)CCCCCCCCC/C=C/CCCCCCCCCCCCC. The van der Waals surface area contributed by atoms with Gasteiger partial charge in [0.1, 0.15) is 6.61 Å². The second-order valence-electron chi connectivity index (χ2n) is 20.9. The van der Waals surface area contributed by atoms with Crippen molar-refractivity contribution in [3.63, 3.8) is 0 Å². The molecule has 0 spiro atoms. The third kappa shape index (κ3) is 48.6. The number of rotatable bonds is 53. The van der Waals surface area contributed by atoms with Crippen LogP contribution in [0.2, 0.25) is 0 Å². The summed E-state index contributed by atoms with van der Waals surface area (Å²) in [6.45, 7) is 4.77. The molecular weight excluding hydrogens is 847 g/mol. The van der Waals surface area contributed by atoms with Gasteiger partial charge in [-0.15, -0.1) is 0 Å². The molecule has 0 aliphatic heterocycles. The Morgan fingerprint density at radius 2 is 0.779 bits per heavy atom. The molecule has 0 saturated carbocycles. The van der Waals surface area contributed by atoms with Crippen molar-refractivity contribution in [3.8, 4) is 0 Å². The quantitative estimate of drug-likeness (QED) is 0.0281. The van der Waals surface area contributed by atoms with Gasteiger partial charge in [-0.2, -0.15) is 0 Å². The lowest BCUT2D eigenvalue weighted by Crippen LogP contribution is -2.50. The summed E-state index contributed by atoms with van der Waals surface area (Å²) in [6.07, 6.45) is 62.1. The largest absolute Gasteiger partial charge is 0.477 e. The summed E-state index contributed by atoms with van der Waals surface area (Å²) in [5.74, 6) is -1.47. The molecule has 0 aliphatic carbocycles. The molecule has 0 aromatic rings. The average molecular weight is 960 g/mol. The summed E-state index contributed by atoms with van der Waals surface area (Å²) in [6, 6.07) is -0.617. The molecule has 0 aliphatic rings. The van der Waals surface area contributed by atoms with E-state index >= 15 is 0 Å². The van der Waals surface area contributed by atoms with Crippen LogP contribution in [0.4, 0.5) is 0 Å². The molecule has 1 N–H and O–H groups in total. The van der Waals surface area contributed by atoms with E-state index in [2.05, 4.69) is 50.3 Å². The molecule has 0 fully saturated rings. The van der Waals surface area contributed by atoms with Crippen LogP contribution >= 0.6 is 0 Å². The van der Waals surface area contributed by atoms with Crippen molar-refractivity contribution in [1.82, 2.24) is 0 Å². The summed E-state index contributed by atoms with van der Waals surface area (Å²) < 4.78 is 17.4. The number of carbonyl (C=O) groups is 3. The number of unbranched alkanes of at least 4 members (excludes halogenated alkanes) is 33. The van der Waals surface area contributed by atoms with Crippen LogP contribution in [-0.4, -0.2) is 80.6 Å². The number of carboxylic acids is 1. The highest BCUT2D eigenvalue weighted by molar-refractivity contribution is 5.72. The number of esters is 2. The molecule has 0 heterocycles. The number of allylic oxidation sites excluding steroid dienone is 6. The Balaban J connectivity index is 4.18. The first-order valence-electron chi connectivity index (χ1n) is 29.0. The van der Waals surface area contributed by atoms with Gasteiger partial charge in [-0.05, 0) is 70.6 Å². The van der Waals surface area contributed by atoms with Gasteiger partial charge in [0.05, 0.1) is 34.4 Å². The Hall–Kier alpha value is -2.45. The topological polar surface area (TPSA) is 99.1 Å². The number of likely N-dealkylation sites (N-methyl/N-ethyl adjacent to an activating group) is 1. The molecule has 0 bridgehead atoms. The zero-order chi connectivity index (χ0) is 49.9. The summed E-state index contributed by atoms with van der Waals surface area (Å²) in [4.78, 5) is 37.3. The van der Waals surface area contributed by atoms with E-state index in [1.165, 1.54) is 193 Å². The zero-order valence-corrected chi connectivity index (χ0v) is 45.6. The second kappa shape index (κ2) is 50.9. The highest BCUT2D eigenvalue weighted by Crippen LogP contribution is 2.16. The molecule has 68 heavy (non-hydrogen) atoms. The third-order valence-electron chi connectivity index (χ3n) is 13.3. The smallest absolute Gasteiger partial charge is 0.362 e. The first kappa shape index (κ1) is 65.5. The molecule has 8 nitrogen and oxygen atoms in total. The Kier molecular flexibility index (Phi) is 49.1. The van der Waals surface area contributed by atoms with Crippen molar-refractivity contribution in [1.29, 1.82) is 0 Å². The fourth-order valence-electron chi connectivity index (χ4n) is 8.77. The molecule has 0 rings (SSSR count). The van der Waals surface area contributed by atoms with E-state index in [-0.39, 0.29) is 36.2 Å². The predicted octanol–water partition coefficient (Wildman–Crippen LogP) is 17.3. The minimum Gasteiger partial charge on any atom is -0.477 e. The fraction of sp³-hybridized carbons (Fsp3) is 0.850. The monoisotopic (exact) mass is 959 g/mol. The van der Waals surface area contributed by atoms with Crippen molar-refractivity contribution >= 4 is 17.9 Å². The lowest BCUT2D eigenvalue weighted by molar-refractivity contribution is -0.887. The number of ether oxygens (including phenoxy) is 3. The number of carboxylic acid groups (broad SMARTS) is 1. The molecule has 0 aromatic heterocycles. The fourth-order valence-corrected chi connectivity index (χ4v) is 8.77. The van der Waals surface area contributed by atoms with Crippen LogP contribution in [0.3, 0.4) is 0 Å². The van der Waals surface area contributed by atoms with Gasteiger partial charge >= 0.3 is 17.9 Å². The van der Waals surface area contributed by atoms with Crippen molar-refractivity contribution < 1.29 is 38.2 Å². The number of hydrogen-bond acceptors (Lipinski definition) is 6. The van der Waals surface area contributed by atoms with E-state index in [9.17, 15) is 19.5 Å². The lowest BCUT2D eigenvalue weighted by Gasteiger charge is -2.31. The number of aliphatic carboxylic acids is 1. The highest BCUT2D eigenvalue weighted by atomic mass is 16.6. The van der Waals surface area contributed by atoms with Crippen LogP contribution in [0.5, 0.6) is 0 Å². The molecule has 0 radical (unpaired) electrons. The van der Waals surface area contributed by atoms with E-state index in [0.717, 1.165) is 51.4 Å². The van der Waals surface area contributed by atoms with E-state index in [4.69, 9.17) is 14.2 Å². The Morgan fingerprint density at radius 3 is 1.15 bits per heavy atom. The van der Waals surface area contributed by atoms with E-state index < -0.39 is 18.1 Å². The van der Waals surface area contributed by atoms with Gasteiger partial charge in [-0.25, -0.2) is 4.79 Å². The van der Waals surface area contributed by atoms with Crippen LogP contribution in [0.25, 0.3) is 0 Å². The van der Waals surface area contributed by atoms with Crippen LogP contribution in [0, 0.1) is 0 Å². The molecule has 0 amide bonds. The van der Waals surface area contributed by atoms with Crippen molar-refractivity contribution in [2.45, 2.75) is 289 Å².